The highest BCUT2D eigenvalue weighted by atomic mass is 32.2. The van der Waals surface area contributed by atoms with Crippen LogP contribution < -0.4 is 14.4 Å². The van der Waals surface area contributed by atoms with Crippen molar-refractivity contribution < 1.29 is 26.7 Å². The number of aryl methyl sites for hydroxylation is 1. The normalized spacial score (nSPS) is 12.3. The minimum Gasteiger partial charge on any atom is -0.491 e. The average Bonchev–Trinajstić information content (AvgIpc) is 2.61. The molecule has 0 aliphatic heterocycles. The number of carbonyl (C=O) groups is 1. The number of benzene rings is 2. The third kappa shape index (κ3) is 6.19. The Labute approximate surface area is 163 Å². The molecule has 0 saturated heterocycles. The molecule has 0 spiro atoms. The van der Waals surface area contributed by atoms with E-state index in [2.05, 4.69) is 5.32 Å². The van der Waals surface area contributed by atoms with Gasteiger partial charge in [0.05, 0.1) is 18.0 Å². The Balaban J connectivity index is 1.99. The maximum Gasteiger partial charge on any atom is 0.241 e. The Hall–Kier alpha value is -2.68. The van der Waals surface area contributed by atoms with Crippen molar-refractivity contribution >= 4 is 21.6 Å². The highest BCUT2D eigenvalue weighted by molar-refractivity contribution is 7.92. The molecule has 1 amide bonds. The van der Waals surface area contributed by atoms with Gasteiger partial charge in [0.25, 0.3) is 0 Å². The number of nitrogens with one attached hydrogen (secondary N) is 1. The van der Waals surface area contributed by atoms with Crippen molar-refractivity contribution in [1.29, 1.82) is 0 Å². The Bertz CT molecular complexity index is 933. The number of hydrogen-bond acceptors (Lipinski definition) is 4. The summed E-state index contributed by atoms with van der Waals surface area (Å²) in [4.78, 5) is 12.3. The SMILES string of the molecule is Cc1ccc(OCC(C)NC(=O)CN(c2ccc(F)c(F)c2)S(C)(=O)=O)cc1. The quantitative estimate of drug-likeness (QED) is 0.723. The molecule has 0 fully saturated rings. The molecule has 152 valence electrons. The molecule has 0 aromatic heterocycles. The summed E-state index contributed by atoms with van der Waals surface area (Å²) in [6.07, 6.45) is 0.880. The van der Waals surface area contributed by atoms with E-state index in [9.17, 15) is 22.0 Å². The molecule has 0 bridgehead atoms. The minimum atomic E-state index is -3.89. The third-order valence-electron chi connectivity index (χ3n) is 3.81. The molecule has 0 saturated carbocycles. The van der Waals surface area contributed by atoms with Crippen LogP contribution in [0.1, 0.15) is 12.5 Å². The first-order valence-corrected chi connectivity index (χ1v) is 10.3. The predicted octanol–water partition coefficient (Wildman–Crippen LogP) is 2.62. The lowest BCUT2D eigenvalue weighted by Crippen LogP contribution is -2.45. The van der Waals surface area contributed by atoms with E-state index in [0.717, 1.165) is 30.0 Å². The molecule has 28 heavy (non-hydrogen) atoms. The molecule has 0 aliphatic rings. The van der Waals surface area contributed by atoms with Crippen LogP contribution in [0, 0.1) is 18.6 Å². The minimum absolute atomic E-state index is 0.139. The first kappa shape index (κ1) is 21.6. The molecule has 1 N–H and O–H groups in total. The van der Waals surface area contributed by atoms with E-state index in [1.807, 2.05) is 19.1 Å². The van der Waals surface area contributed by atoms with E-state index < -0.39 is 40.2 Å². The van der Waals surface area contributed by atoms with Gasteiger partial charge in [0.1, 0.15) is 18.9 Å². The summed E-state index contributed by atoms with van der Waals surface area (Å²) in [7, 11) is -3.89. The number of nitrogens with zero attached hydrogens (tertiary/aromatic N) is 1. The van der Waals surface area contributed by atoms with E-state index in [1.165, 1.54) is 0 Å². The molecule has 0 radical (unpaired) electrons. The summed E-state index contributed by atoms with van der Waals surface area (Å²) in [6, 6.07) is 9.62. The molecule has 0 aliphatic carbocycles. The lowest BCUT2D eigenvalue weighted by molar-refractivity contribution is -0.120. The average molecular weight is 412 g/mol. The molecule has 9 heteroatoms. The van der Waals surface area contributed by atoms with Gasteiger partial charge in [-0.05, 0) is 38.1 Å². The van der Waals surface area contributed by atoms with Crippen LogP contribution in [0.2, 0.25) is 0 Å². The first-order valence-electron chi connectivity index (χ1n) is 8.48. The third-order valence-corrected chi connectivity index (χ3v) is 4.95. The number of carbonyl (C=O) groups excluding carboxylic acids is 1. The van der Waals surface area contributed by atoms with Crippen molar-refractivity contribution in [3.63, 3.8) is 0 Å². The maximum absolute atomic E-state index is 13.4. The molecule has 2 aromatic rings. The standard InChI is InChI=1S/C19H22F2N2O4S/c1-13-4-7-16(8-5-13)27-12-14(2)22-19(24)11-23(28(3,25)26)15-6-9-17(20)18(21)10-15/h4-10,14H,11-12H2,1-3H3,(H,22,24). The van der Waals surface area contributed by atoms with Crippen molar-refractivity contribution in [3.8, 4) is 5.75 Å². The van der Waals surface area contributed by atoms with Crippen LogP contribution >= 0.6 is 0 Å². The molecular formula is C19H22F2N2O4S. The number of ether oxygens (including phenoxy) is 1. The van der Waals surface area contributed by atoms with Gasteiger partial charge in [-0.15, -0.1) is 0 Å². The largest absolute Gasteiger partial charge is 0.491 e. The second-order valence-electron chi connectivity index (χ2n) is 6.46. The zero-order valence-corrected chi connectivity index (χ0v) is 16.6. The fourth-order valence-electron chi connectivity index (χ4n) is 2.39. The number of hydrogen-bond donors (Lipinski definition) is 1. The smallest absolute Gasteiger partial charge is 0.241 e. The summed E-state index contributed by atoms with van der Waals surface area (Å²) < 4.78 is 56.8. The number of halogens is 2. The zero-order chi connectivity index (χ0) is 20.9. The van der Waals surface area contributed by atoms with Gasteiger partial charge in [-0.1, -0.05) is 17.7 Å². The summed E-state index contributed by atoms with van der Waals surface area (Å²) in [5.41, 5.74) is 0.951. The van der Waals surface area contributed by atoms with Gasteiger partial charge in [0, 0.05) is 6.07 Å². The first-order chi connectivity index (χ1) is 13.1. The molecule has 2 aromatic carbocycles. The summed E-state index contributed by atoms with van der Waals surface area (Å²) in [5.74, 6) is -2.27. The Morgan fingerprint density at radius 2 is 1.79 bits per heavy atom. The monoisotopic (exact) mass is 412 g/mol. The second kappa shape index (κ2) is 9.01. The highest BCUT2D eigenvalue weighted by Gasteiger charge is 2.22. The summed E-state index contributed by atoms with van der Waals surface area (Å²) in [6.45, 7) is 3.26. The number of amides is 1. The molecule has 1 atom stereocenters. The van der Waals surface area contributed by atoms with Crippen LogP contribution in [0.3, 0.4) is 0 Å². The van der Waals surface area contributed by atoms with Crippen molar-refractivity contribution in [2.24, 2.45) is 0 Å². The topological polar surface area (TPSA) is 75.7 Å². The van der Waals surface area contributed by atoms with Crippen LogP contribution in [0.5, 0.6) is 5.75 Å². The Morgan fingerprint density at radius 1 is 1.14 bits per heavy atom. The fourth-order valence-corrected chi connectivity index (χ4v) is 3.24. The molecule has 6 nitrogen and oxygen atoms in total. The molecule has 0 heterocycles. The second-order valence-corrected chi connectivity index (χ2v) is 8.37. The van der Waals surface area contributed by atoms with Crippen LogP contribution in [-0.2, 0) is 14.8 Å². The van der Waals surface area contributed by atoms with Crippen molar-refractivity contribution in [1.82, 2.24) is 5.32 Å². The fraction of sp³-hybridized carbons (Fsp3) is 0.316. The van der Waals surface area contributed by atoms with E-state index in [4.69, 9.17) is 4.74 Å². The lowest BCUT2D eigenvalue weighted by Gasteiger charge is -2.23. The Morgan fingerprint density at radius 3 is 2.36 bits per heavy atom. The summed E-state index contributed by atoms with van der Waals surface area (Å²) in [5, 5.41) is 2.62. The Kier molecular flexibility index (Phi) is 6.95. The van der Waals surface area contributed by atoms with Crippen molar-refractivity contribution in [2.75, 3.05) is 23.7 Å². The van der Waals surface area contributed by atoms with Crippen LogP contribution in [0.4, 0.5) is 14.5 Å². The number of sulfonamides is 1. The van der Waals surface area contributed by atoms with E-state index >= 15 is 0 Å². The van der Waals surface area contributed by atoms with Gasteiger partial charge in [-0.2, -0.15) is 0 Å². The van der Waals surface area contributed by atoms with Gasteiger partial charge < -0.3 is 10.1 Å². The summed E-state index contributed by atoms with van der Waals surface area (Å²) >= 11 is 0. The van der Waals surface area contributed by atoms with Crippen molar-refractivity contribution in [3.05, 3.63) is 59.7 Å². The van der Waals surface area contributed by atoms with Gasteiger partial charge in [-0.3, -0.25) is 9.10 Å². The lowest BCUT2D eigenvalue weighted by atomic mass is 10.2. The number of rotatable bonds is 8. The predicted molar refractivity (Wildman–Crippen MR) is 103 cm³/mol. The van der Waals surface area contributed by atoms with Crippen LogP contribution in [-0.4, -0.2) is 39.8 Å². The zero-order valence-electron chi connectivity index (χ0n) is 15.8. The van der Waals surface area contributed by atoms with E-state index in [-0.39, 0.29) is 12.3 Å². The molecule has 2 rings (SSSR count). The highest BCUT2D eigenvalue weighted by Crippen LogP contribution is 2.20. The molecular weight excluding hydrogens is 390 g/mol. The van der Waals surface area contributed by atoms with Crippen LogP contribution in [0.25, 0.3) is 0 Å². The van der Waals surface area contributed by atoms with Gasteiger partial charge in [0.2, 0.25) is 15.9 Å². The number of anilines is 1. The maximum atomic E-state index is 13.4. The van der Waals surface area contributed by atoms with Gasteiger partial charge in [0.15, 0.2) is 11.6 Å². The van der Waals surface area contributed by atoms with Crippen LogP contribution in [0.15, 0.2) is 42.5 Å². The van der Waals surface area contributed by atoms with Gasteiger partial charge in [-0.25, -0.2) is 17.2 Å². The van der Waals surface area contributed by atoms with Gasteiger partial charge >= 0.3 is 0 Å². The van der Waals surface area contributed by atoms with E-state index in [0.29, 0.717) is 10.1 Å². The molecule has 1 unspecified atom stereocenters. The van der Waals surface area contributed by atoms with Crippen molar-refractivity contribution in [2.45, 2.75) is 19.9 Å². The van der Waals surface area contributed by atoms with E-state index in [1.54, 1.807) is 19.1 Å².